The van der Waals surface area contributed by atoms with Crippen LogP contribution in [0.5, 0.6) is 0 Å². The molecule has 1 aliphatic rings. The summed E-state index contributed by atoms with van der Waals surface area (Å²) >= 11 is 1.64. The van der Waals surface area contributed by atoms with Crippen molar-refractivity contribution in [1.29, 1.82) is 0 Å². The van der Waals surface area contributed by atoms with Gasteiger partial charge in [-0.05, 0) is 36.9 Å². The Balaban J connectivity index is 1.70. The van der Waals surface area contributed by atoms with E-state index in [1.165, 1.54) is 4.31 Å². The standard InChI is InChI=1S/C20H24N2O3S2/c1-3-26-19-7-5-4-6-18(19)20(23)21-12-14-22(15-13-21)27(24,25)17-10-8-16(2)9-11-17/h4-11H,3,12-15H2,1-2H3. The lowest BCUT2D eigenvalue weighted by Gasteiger charge is -2.34. The summed E-state index contributed by atoms with van der Waals surface area (Å²) in [5.74, 6) is 0.867. The van der Waals surface area contributed by atoms with Crippen LogP contribution in [0, 0.1) is 6.92 Å². The van der Waals surface area contributed by atoms with Gasteiger partial charge >= 0.3 is 0 Å². The minimum atomic E-state index is -3.52. The van der Waals surface area contributed by atoms with Crippen molar-refractivity contribution in [2.24, 2.45) is 0 Å². The Hall–Kier alpha value is -1.83. The molecule has 1 heterocycles. The zero-order chi connectivity index (χ0) is 19.4. The van der Waals surface area contributed by atoms with Gasteiger partial charge in [-0.3, -0.25) is 4.79 Å². The number of hydrogen-bond acceptors (Lipinski definition) is 4. The van der Waals surface area contributed by atoms with Crippen molar-refractivity contribution in [3.05, 3.63) is 59.7 Å². The van der Waals surface area contributed by atoms with Crippen LogP contribution in [-0.2, 0) is 10.0 Å². The highest BCUT2D eigenvalue weighted by atomic mass is 32.2. The molecule has 0 bridgehead atoms. The van der Waals surface area contributed by atoms with E-state index in [9.17, 15) is 13.2 Å². The summed E-state index contributed by atoms with van der Waals surface area (Å²) in [6, 6.07) is 14.5. The molecule has 3 rings (SSSR count). The number of carbonyl (C=O) groups excluding carboxylic acids is 1. The molecule has 0 aromatic heterocycles. The maximum Gasteiger partial charge on any atom is 0.255 e. The fourth-order valence-corrected chi connectivity index (χ4v) is 5.30. The van der Waals surface area contributed by atoms with Gasteiger partial charge in [0.1, 0.15) is 0 Å². The minimum Gasteiger partial charge on any atom is -0.336 e. The van der Waals surface area contributed by atoms with Crippen LogP contribution in [0.1, 0.15) is 22.8 Å². The molecule has 0 radical (unpaired) electrons. The first-order chi connectivity index (χ1) is 12.9. The number of piperazine rings is 1. The second kappa shape index (κ2) is 8.46. The molecule has 0 unspecified atom stereocenters. The molecule has 0 saturated carbocycles. The molecule has 1 fully saturated rings. The zero-order valence-corrected chi connectivity index (χ0v) is 17.2. The predicted octanol–water partition coefficient (Wildman–Crippen LogP) is 3.25. The average Bonchev–Trinajstić information content (AvgIpc) is 2.68. The first-order valence-corrected chi connectivity index (χ1v) is 11.4. The van der Waals surface area contributed by atoms with Crippen molar-refractivity contribution in [2.45, 2.75) is 23.6 Å². The van der Waals surface area contributed by atoms with Gasteiger partial charge in [0, 0.05) is 31.1 Å². The molecule has 2 aromatic carbocycles. The molecule has 0 N–H and O–H groups in total. The number of amides is 1. The molecule has 1 saturated heterocycles. The molecular formula is C20H24N2O3S2. The number of nitrogens with zero attached hydrogens (tertiary/aromatic N) is 2. The van der Waals surface area contributed by atoms with E-state index < -0.39 is 10.0 Å². The van der Waals surface area contributed by atoms with Crippen LogP contribution in [-0.4, -0.2) is 55.5 Å². The summed E-state index contributed by atoms with van der Waals surface area (Å²) in [6.07, 6.45) is 0. The summed E-state index contributed by atoms with van der Waals surface area (Å²) < 4.78 is 27.1. The lowest BCUT2D eigenvalue weighted by atomic mass is 10.2. The Morgan fingerprint density at radius 2 is 1.63 bits per heavy atom. The second-order valence-corrected chi connectivity index (χ2v) is 9.68. The van der Waals surface area contributed by atoms with Crippen LogP contribution in [0.2, 0.25) is 0 Å². The third kappa shape index (κ3) is 4.36. The van der Waals surface area contributed by atoms with E-state index in [-0.39, 0.29) is 5.91 Å². The first-order valence-electron chi connectivity index (χ1n) is 9.01. The maximum atomic E-state index is 12.9. The summed E-state index contributed by atoms with van der Waals surface area (Å²) in [5.41, 5.74) is 1.71. The SMILES string of the molecule is CCSc1ccccc1C(=O)N1CCN(S(=O)(=O)c2ccc(C)cc2)CC1. The van der Waals surface area contributed by atoms with Crippen LogP contribution in [0.15, 0.2) is 58.3 Å². The van der Waals surface area contributed by atoms with Gasteiger partial charge in [-0.1, -0.05) is 36.8 Å². The second-order valence-electron chi connectivity index (χ2n) is 6.44. The van der Waals surface area contributed by atoms with Crippen LogP contribution >= 0.6 is 11.8 Å². The quantitative estimate of drug-likeness (QED) is 0.718. The summed E-state index contributed by atoms with van der Waals surface area (Å²) in [5, 5.41) is 0. The molecule has 1 amide bonds. The highest BCUT2D eigenvalue weighted by Gasteiger charge is 2.30. The van der Waals surface area contributed by atoms with Crippen molar-refractivity contribution >= 4 is 27.7 Å². The molecule has 0 spiro atoms. The van der Waals surface area contributed by atoms with E-state index in [4.69, 9.17) is 0 Å². The minimum absolute atomic E-state index is 0.0288. The van der Waals surface area contributed by atoms with E-state index in [0.29, 0.717) is 36.6 Å². The Bertz CT molecular complexity index is 903. The van der Waals surface area contributed by atoms with Crippen molar-refractivity contribution < 1.29 is 13.2 Å². The zero-order valence-electron chi connectivity index (χ0n) is 15.6. The van der Waals surface area contributed by atoms with Gasteiger partial charge in [-0.15, -0.1) is 11.8 Å². The van der Waals surface area contributed by atoms with E-state index in [1.54, 1.807) is 40.9 Å². The fraction of sp³-hybridized carbons (Fsp3) is 0.350. The Morgan fingerprint density at radius 1 is 1.00 bits per heavy atom. The number of aryl methyl sites for hydroxylation is 1. The van der Waals surface area contributed by atoms with Gasteiger partial charge < -0.3 is 4.90 Å². The van der Waals surface area contributed by atoms with Crippen molar-refractivity contribution in [3.8, 4) is 0 Å². The molecule has 144 valence electrons. The van der Waals surface area contributed by atoms with Gasteiger partial charge in [0.15, 0.2) is 0 Å². The normalized spacial score (nSPS) is 15.7. The van der Waals surface area contributed by atoms with Crippen LogP contribution < -0.4 is 0 Å². The number of benzene rings is 2. The summed E-state index contributed by atoms with van der Waals surface area (Å²) in [7, 11) is -3.52. The number of thioether (sulfide) groups is 1. The van der Waals surface area contributed by atoms with Crippen LogP contribution in [0.4, 0.5) is 0 Å². The monoisotopic (exact) mass is 404 g/mol. The molecule has 5 nitrogen and oxygen atoms in total. The maximum absolute atomic E-state index is 12.9. The van der Waals surface area contributed by atoms with E-state index in [2.05, 4.69) is 6.92 Å². The van der Waals surface area contributed by atoms with Crippen molar-refractivity contribution in [3.63, 3.8) is 0 Å². The molecular weight excluding hydrogens is 380 g/mol. The number of rotatable bonds is 5. The van der Waals surface area contributed by atoms with Gasteiger partial charge in [0.25, 0.3) is 5.91 Å². The first kappa shape index (κ1) is 19.9. The Morgan fingerprint density at radius 3 is 2.26 bits per heavy atom. The summed E-state index contributed by atoms with van der Waals surface area (Å²) in [6.45, 7) is 5.40. The topological polar surface area (TPSA) is 57.7 Å². The van der Waals surface area contributed by atoms with Gasteiger partial charge in [-0.25, -0.2) is 8.42 Å². The largest absolute Gasteiger partial charge is 0.336 e. The highest BCUT2D eigenvalue weighted by molar-refractivity contribution is 7.99. The van der Waals surface area contributed by atoms with Crippen molar-refractivity contribution in [2.75, 3.05) is 31.9 Å². The van der Waals surface area contributed by atoms with E-state index >= 15 is 0 Å². The Labute approximate surface area is 165 Å². The molecule has 2 aromatic rings. The summed E-state index contributed by atoms with van der Waals surface area (Å²) in [4.78, 5) is 15.9. The lowest BCUT2D eigenvalue weighted by Crippen LogP contribution is -2.50. The molecule has 7 heteroatoms. The molecule has 0 atom stereocenters. The molecule has 0 aliphatic carbocycles. The average molecular weight is 405 g/mol. The van der Waals surface area contributed by atoms with E-state index in [1.807, 2.05) is 31.2 Å². The third-order valence-electron chi connectivity index (χ3n) is 4.60. The van der Waals surface area contributed by atoms with Gasteiger partial charge in [-0.2, -0.15) is 4.31 Å². The highest BCUT2D eigenvalue weighted by Crippen LogP contribution is 2.25. The van der Waals surface area contributed by atoms with Crippen molar-refractivity contribution in [1.82, 2.24) is 9.21 Å². The third-order valence-corrected chi connectivity index (χ3v) is 7.47. The lowest BCUT2D eigenvalue weighted by molar-refractivity contribution is 0.0694. The van der Waals surface area contributed by atoms with Gasteiger partial charge in [0.2, 0.25) is 10.0 Å². The smallest absolute Gasteiger partial charge is 0.255 e. The number of sulfonamides is 1. The van der Waals surface area contributed by atoms with E-state index in [0.717, 1.165) is 16.2 Å². The molecule has 27 heavy (non-hydrogen) atoms. The molecule has 1 aliphatic heterocycles. The predicted molar refractivity (Wildman–Crippen MR) is 109 cm³/mol. The number of carbonyl (C=O) groups is 1. The van der Waals surface area contributed by atoms with Gasteiger partial charge in [0.05, 0.1) is 10.5 Å². The fourth-order valence-electron chi connectivity index (χ4n) is 3.09. The van der Waals surface area contributed by atoms with Crippen LogP contribution in [0.25, 0.3) is 0 Å². The van der Waals surface area contributed by atoms with Crippen LogP contribution in [0.3, 0.4) is 0 Å². The number of hydrogen-bond donors (Lipinski definition) is 0. The Kier molecular flexibility index (Phi) is 6.24.